The maximum absolute atomic E-state index is 12.5. The van der Waals surface area contributed by atoms with Gasteiger partial charge in [0, 0.05) is 31.5 Å². The van der Waals surface area contributed by atoms with Gasteiger partial charge in [-0.05, 0) is 44.5 Å². The van der Waals surface area contributed by atoms with E-state index in [9.17, 15) is 18.0 Å². The lowest BCUT2D eigenvalue weighted by atomic mass is 9.90. The molecule has 1 heterocycles. The first-order valence-corrected chi connectivity index (χ1v) is 9.93. The van der Waals surface area contributed by atoms with Crippen molar-refractivity contribution in [2.45, 2.75) is 26.3 Å². The fraction of sp³-hybridized carbons (Fsp3) is 0.529. The van der Waals surface area contributed by atoms with E-state index in [0.717, 1.165) is 5.69 Å². The smallest absolute Gasteiger partial charge is 0.239 e. The zero-order valence-electron chi connectivity index (χ0n) is 15.0. The first kappa shape index (κ1) is 19.2. The van der Waals surface area contributed by atoms with Crippen LogP contribution in [0.5, 0.6) is 0 Å². The molecule has 138 valence electrons. The van der Waals surface area contributed by atoms with Gasteiger partial charge in [-0.1, -0.05) is 0 Å². The molecule has 0 aliphatic carbocycles. The fourth-order valence-corrected chi connectivity index (χ4v) is 4.18. The number of nitrogens with zero attached hydrogens (tertiary/aromatic N) is 1. The molecular formula is C17H25N3O4S. The predicted octanol–water partition coefficient (Wildman–Crippen LogP) is 1.02. The lowest BCUT2D eigenvalue weighted by molar-refractivity contribution is -0.138. The number of amides is 2. The molecule has 8 heteroatoms. The third-order valence-corrected chi connectivity index (χ3v) is 6.11. The number of rotatable bonds is 5. The molecule has 1 fully saturated rings. The van der Waals surface area contributed by atoms with Crippen LogP contribution in [-0.4, -0.2) is 51.9 Å². The monoisotopic (exact) mass is 367 g/mol. The summed E-state index contributed by atoms with van der Waals surface area (Å²) in [5, 5.41) is 5.41. The summed E-state index contributed by atoms with van der Waals surface area (Å²) < 4.78 is 23.0. The third kappa shape index (κ3) is 4.72. The Labute approximate surface area is 148 Å². The fourth-order valence-electron chi connectivity index (χ4n) is 2.51. The molecule has 0 saturated carbocycles. The van der Waals surface area contributed by atoms with E-state index in [0.29, 0.717) is 12.1 Å². The van der Waals surface area contributed by atoms with Crippen LogP contribution in [0.25, 0.3) is 0 Å². The molecule has 1 aromatic carbocycles. The van der Waals surface area contributed by atoms with Crippen molar-refractivity contribution in [2.75, 3.05) is 35.8 Å². The van der Waals surface area contributed by atoms with Gasteiger partial charge in [0.25, 0.3) is 0 Å². The molecular weight excluding hydrogens is 342 g/mol. The van der Waals surface area contributed by atoms with Gasteiger partial charge in [0.05, 0.1) is 11.5 Å². The first-order chi connectivity index (χ1) is 11.5. The molecule has 2 amide bonds. The number of carbonyl (C=O) groups excluding carboxylic acids is 2. The number of hydrogen-bond acceptors (Lipinski definition) is 5. The number of carbonyl (C=O) groups is 2. The number of sulfone groups is 1. The number of nitrogens with one attached hydrogen (secondary N) is 2. The summed E-state index contributed by atoms with van der Waals surface area (Å²) in [7, 11) is 0.756. The maximum Gasteiger partial charge on any atom is 0.239 e. The molecule has 0 radical (unpaired) electrons. The largest absolute Gasteiger partial charge is 0.378 e. The molecule has 0 bridgehead atoms. The average Bonchev–Trinajstić information content (AvgIpc) is 2.86. The SMILES string of the molecule is CN(C)c1ccc(NC(=O)C(C)(C)C(=O)NC2CCS(=O)(=O)C2)cc1. The third-order valence-electron chi connectivity index (χ3n) is 4.34. The normalized spacial score (nSPS) is 19.3. The van der Waals surface area contributed by atoms with Crippen LogP contribution in [0.3, 0.4) is 0 Å². The van der Waals surface area contributed by atoms with Crippen LogP contribution in [-0.2, 0) is 19.4 Å². The molecule has 0 aromatic heterocycles. The molecule has 1 aliphatic heterocycles. The summed E-state index contributed by atoms with van der Waals surface area (Å²) in [5.74, 6) is -0.911. The molecule has 0 spiro atoms. The van der Waals surface area contributed by atoms with Gasteiger partial charge in [-0.2, -0.15) is 0 Å². The van der Waals surface area contributed by atoms with Crippen LogP contribution in [0, 0.1) is 5.41 Å². The second-order valence-corrected chi connectivity index (χ2v) is 9.32. The van der Waals surface area contributed by atoms with Crippen molar-refractivity contribution in [1.82, 2.24) is 5.32 Å². The topological polar surface area (TPSA) is 95.6 Å². The van der Waals surface area contributed by atoms with Crippen LogP contribution in [0.4, 0.5) is 11.4 Å². The summed E-state index contributed by atoms with van der Waals surface area (Å²) in [6, 6.07) is 6.84. The van der Waals surface area contributed by atoms with Gasteiger partial charge < -0.3 is 15.5 Å². The Morgan fingerprint density at radius 1 is 1.12 bits per heavy atom. The van der Waals surface area contributed by atoms with Crippen molar-refractivity contribution in [3.8, 4) is 0 Å². The lowest BCUT2D eigenvalue weighted by Crippen LogP contribution is -2.48. The molecule has 1 atom stereocenters. The highest BCUT2D eigenvalue weighted by molar-refractivity contribution is 7.91. The Balaban J connectivity index is 2.00. The van der Waals surface area contributed by atoms with Crippen LogP contribution in [0.2, 0.25) is 0 Å². The molecule has 2 rings (SSSR count). The highest BCUT2D eigenvalue weighted by Gasteiger charge is 2.39. The molecule has 1 unspecified atom stereocenters. The van der Waals surface area contributed by atoms with Crippen molar-refractivity contribution >= 4 is 33.0 Å². The van der Waals surface area contributed by atoms with Gasteiger partial charge in [-0.3, -0.25) is 9.59 Å². The van der Waals surface area contributed by atoms with Crippen molar-refractivity contribution in [1.29, 1.82) is 0 Å². The van der Waals surface area contributed by atoms with Crippen molar-refractivity contribution in [3.05, 3.63) is 24.3 Å². The molecule has 25 heavy (non-hydrogen) atoms. The van der Waals surface area contributed by atoms with Gasteiger partial charge >= 0.3 is 0 Å². The first-order valence-electron chi connectivity index (χ1n) is 8.11. The van der Waals surface area contributed by atoms with Crippen LogP contribution < -0.4 is 15.5 Å². The van der Waals surface area contributed by atoms with Gasteiger partial charge in [0.15, 0.2) is 9.84 Å². The van der Waals surface area contributed by atoms with Crippen molar-refractivity contribution in [3.63, 3.8) is 0 Å². The molecule has 2 N–H and O–H groups in total. The number of anilines is 2. The number of benzene rings is 1. The number of hydrogen-bond donors (Lipinski definition) is 2. The Morgan fingerprint density at radius 3 is 2.20 bits per heavy atom. The lowest BCUT2D eigenvalue weighted by Gasteiger charge is -2.24. The highest BCUT2D eigenvalue weighted by Crippen LogP contribution is 2.22. The molecule has 1 aliphatic rings. The second-order valence-electron chi connectivity index (χ2n) is 7.09. The van der Waals surface area contributed by atoms with E-state index >= 15 is 0 Å². The Morgan fingerprint density at radius 2 is 1.72 bits per heavy atom. The van der Waals surface area contributed by atoms with E-state index in [2.05, 4.69) is 10.6 Å². The predicted molar refractivity (Wildman–Crippen MR) is 98.4 cm³/mol. The summed E-state index contributed by atoms with van der Waals surface area (Å²) >= 11 is 0. The van der Waals surface area contributed by atoms with Crippen molar-refractivity contribution < 1.29 is 18.0 Å². The molecule has 1 aromatic rings. The van der Waals surface area contributed by atoms with E-state index in [-0.39, 0.29) is 11.5 Å². The minimum absolute atomic E-state index is 0.0670. The van der Waals surface area contributed by atoms with Crippen LogP contribution >= 0.6 is 0 Å². The Bertz CT molecular complexity index is 755. The molecule has 1 saturated heterocycles. The zero-order valence-corrected chi connectivity index (χ0v) is 15.8. The van der Waals surface area contributed by atoms with Crippen molar-refractivity contribution in [2.24, 2.45) is 5.41 Å². The standard InChI is InChI=1S/C17H25N3O4S/c1-17(2,16(22)19-13-9-10-25(23,24)11-13)15(21)18-12-5-7-14(8-6-12)20(3)4/h5-8,13H,9-11H2,1-4H3,(H,18,21)(H,19,22). The quantitative estimate of drug-likeness (QED) is 0.758. The summed E-state index contributed by atoms with van der Waals surface area (Å²) in [6.07, 6.45) is 0.387. The minimum atomic E-state index is -3.09. The summed E-state index contributed by atoms with van der Waals surface area (Å²) in [4.78, 5) is 26.9. The van der Waals surface area contributed by atoms with E-state index in [4.69, 9.17) is 0 Å². The Kier molecular flexibility index (Phi) is 5.41. The summed E-state index contributed by atoms with van der Waals surface area (Å²) in [6.45, 7) is 3.05. The minimum Gasteiger partial charge on any atom is -0.378 e. The van der Waals surface area contributed by atoms with E-state index in [1.807, 2.05) is 31.1 Å². The highest BCUT2D eigenvalue weighted by atomic mass is 32.2. The van der Waals surface area contributed by atoms with Gasteiger partial charge in [0.2, 0.25) is 11.8 Å². The summed E-state index contributed by atoms with van der Waals surface area (Å²) in [5.41, 5.74) is 0.282. The van der Waals surface area contributed by atoms with Gasteiger partial charge in [-0.15, -0.1) is 0 Å². The maximum atomic E-state index is 12.5. The van der Waals surface area contributed by atoms with E-state index in [1.54, 1.807) is 12.1 Å². The van der Waals surface area contributed by atoms with Crippen LogP contribution in [0.15, 0.2) is 24.3 Å². The Hall–Kier alpha value is -2.09. The van der Waals surface area contributed by atoms with E-state index in [1.165, 1.54) is 13.8 Å². The second kappa shape index (κ2) is 7.03. The average molecular weight is 367 g/mol. The van der Waals surface area contributed by atoms with Gasteiger partial charge in [-0.25, -0.2) is 8.42 Å². The van der Waals surface area contributed by atoms with Gasteiger partial charge in [0.1, 0.15) is 5.41 Å². The van der Waals surface area contributed by atoms with Crippen LogP contribution in [0.1, 0.15) is 20.3 Å². The molecule has 7 nitrogen and oxygen atoms in total. The zero-order chi connectivity index (χ0) is 18.8. The van der Waals surface area contributed by atoms with E-state index < -0.39 is 33.1 Å².